The fraction of sp³-hybridized carbons (Fsp3) is 0.529. The Bertz CT molecular complexity index is 524. The van der Waals surface area contributed by atoms with E-state index in [2.05, 4.69) is 15.4 Å². The zero-order valence-electron chi connectivity index (χ0n) is 13.6. The van der Waals surface area contributed by atoms with Crippen molar-refractivity contribution in [3.63, 3.8) is 0 Å². The minimum atomic E-state index is -0.670. The van der Waals surface area contributed by atoms with Gasteiger partial charge in [-0.3, -0.25) is 4.79 Å². The smallest absolute Gasteiger partial charge is 0.328 e. The number of methoxy groups -OCH3 is 1. The maximum atomic E-state index is 12.0. The molecule has 0 aliphatic carbocycles. The summed E-state index contributed by atoms with van der Waals surface area (Å²) in [6, 6.07) is 6.50. The molecule has 1 fully saturated rings. The highest BCUT2D eigenvalue weighted by Crippen LogP contribution is 2.16. The van der Waals surface area contributed by atoms with E-state index in [1.54, 1.807) is 19.1 Å². The van der Waals surface area contributed by atoms with E-state index < -0.39 is 12.0 Å². The van der Waals surface area contributed by atoms with Crippen LogP contribution in [-0.2, 0) is 14.3 Å². The summed E-state index contributed by atoms with van der Waals surface area (Å²) in [7, 11) is 1.29. The largest absolute Gasteiger partial charge is 0.467 e. The standard InChI is InChI=1S/C17H24N2O4/c1-12(17(21)22-2)19-16(20)13-5-7-14(8-6-13)18-10-9-15-4-3-11-23-15/h5-8,12,15,18H,3-4,9-11H2,1-2H3,(H,19,20)/t12-,15?/m0/s1. The lowest BCUT2D eigenvalue weighted by Gasteiger charge is -2.13. The lowest BCUT2D eigenvalue weighted by Crippen LogP contribution is -2.39. The third kappa shape index (κ3) is 5.25. The number of rotatable bonds is 7. The van der Waals surface area contributed by atoms with E-state index in [0.29, 0.717) is 11.7 Å². The van der Waals surface area contributed by atoms with E-state index >= 15 is 0 Å². The van der Waals surface area contributed by atoms with Gasteiger partial charge in [-0.25, -0.2) is 4.79 Å². The van der Waals surface area contributed by atoms with Gasteiger partial charge in [-0.2, -0.15) is 0 Å². The second-order valence-electron chi connectivity index (χ2n) is 5.65. The predicted molar refractivity (Wildman–Crippen MR) is 87.5 cm³/mol. The molecule has 1 aromatic rings. The van der Waals surface area contributed by atoms with Crippen LogP contribution in [0.25, 0.3) is 0 Å². The molecule has 1 heterocycles. The molecule has 126 valence electrons. The van der Waals surface area contributed by atoms with Gasteiger partial charge in [0.1, 0.15) is 6.04 Å². The van der Waals surface area contributed by atoms with Crippen molar-refractivity contribution in [1.29, 1.82) is 0 Å². The van der Waals surface area contributed by atoms with Crippen molar-refractivity contribution in [1.82, 2.24) is 5.32 Å². The van der Waals surface area contributed by atoms with Gasteiger partial charge in [-0.1, -0.05) is 0 Å². The fourth-order valence-corrected chi connectivity index (χ4v) is 2.50. The van der Waals surface area contributed by atoms with Gasteiger partial charge in [0, 0.05) is 24.4 Å². The maximum absolute atomic E-state index is 12.0. The van der Waals surface area contributed by atoms with E-state index in [-0.39, 0.29) is 5.91 Å². The van der Waals surface area contributed by atoms with Crippen LogP contribution < -0.4 is 10.6 Å². The molecule has 1 aromatic carbocycles. The molecular formula is C17H24N2O4. The number of anilines is 1. The highest BCUT2D eigenvalue weighted by molar-refractivity contribution is 5.96. The predicted octanol–water partition coefficient (Wildman–Crippen LogP) is 1.96. The number of benzene rings is 1. The fourth-order valence-electron chi connectivity index (χ4n) is 2.50. The number of carbonyl (C=O) groups is 2. The topological polar surface area (TPSA) is 76.7 Å². The Hall–Kier alpha value is -2.08. The molecule has 0 spiro atoms. The van der Waals surface area contributed by atoms with Crippen molar-refractivity contribution in [2.24, 2.45) is 0 Å². The Kier molecular flexibility index (Phi) is 6.40. The molecule has 1 saturated heterocycles. The molecule has 1 aliphatic heterocycles. The highest BCUT2D eigenvalue weighted by atomic mass is 16.5. The van der Waals surface area contributed by atoms with Crippen LogP contribution in [-0.4, -0.2) is 44.3 Å². The Morgan fingerprint density at radius 3 is 2.70 bits per heavy atom. The molecule has 23 heavy (non-hydrogen) atoms. The van der Waals surface area contributed by atoms with Crippen LogP contribution in [0.5, 0.6) is 0 Å². The minimum Gasteiger partial charge on any atom is -0.467 e. The molecule has 1 aliphatic rings. The van der Waals surface area contributed by atoms with Gasteiger partial charge in [-0.15, -0.1) is 0 Å². The van der Waals surface area contributed by atoms with Crippen LogP contribution in [0.2, 0.25) is 0 Å². The number of amides is 1. The summed E-state index contributed by atoms with van der Waals surface area (Å²) in [6.45, 7) is 3.30. The molecule has 0 bridgehead atoms. The Balaban J connectivity index is 1.78. The van der Waals surface area contributed by atoms with Crippen LogP contribution >= 0.6 is 0 Å². The first-order valence-electron chi connectivity index (χ1n) is 7.94. The van der Waals surface area contributed by atoms with Gasteiger partial charge in [0.2, 0.25) is 0 Å². The van der Waals surface area contributed by atoms with Gasteiger partial charge in [0.25, 0.3) is 5.91 Å². The van der Waals surface area contributed by atoms with E-state index in [9.17, 15) is 9.59 Å². The summed E-state index contributed by atoms with van der Waals surface area (Å²) in [4.78, 5) is 23.3. The van der Waals surface area contributed by atoms with E-state index in [1.807, 2.05) is 12.1 Å². The van der Waals surface area contributed by atoms with E-state index in [4.69, 9.17) is 4.74 Å². The van der Waals surface area contributed by atoms with Gasteiger partial charge in [-0.05, 0) is 50.5 Å². The minimum absolute atomic E-state index is 0.297. The third-order valence-electron chi connectivity index (χ3n) is 3.87. The van der Waals surface area contributed by atoms with Crippen molar-refractivity contribution in [2.75, 3.05) is 25.6 Å². The first-order chi connectivity index (χ1) is 11.1. The molecule has 0 aromatic heterocycles. The monoisotopic (exact) mass is 320 g/mol. The quantitative estimate of drug-likeness (QED) is 0.751. The zero-order valence-corrected chi connectivity index (χ0v) is 13.6. The summed E-state index contributed by atoms with van der Waals surface area (Å²) in [6.07, 6.45) is 3.64. The number of carbonyl (C=O) groups excluding carboxylic acids is 2. The van der Waals surface area contributed by atoms with Crippen LogP contribution in [0.1, 0.15) is 36.5 Å². The molecule has 2 rings (SSSR count). The van der Waals surface area contributed by atoms with Crippen molar-refractivity contribution >= 4 is 17.6 Å². The molecule has 6 heteroatoms. The SMILES string of the molecule is COC(=O)[C@H](C)NC(=O)c1ccc(NCCC2CCCO2)cc1. The second-order valence-corrected chi connectivity index (χ2v) is 5.65. The molecule has 1 amide bonds. The lowest BCUT2D eigenvalue weighted by atomic mass is 10.1. The average Bonchev–Trinajstić information content (AvgIpc) is 3.08. The highest BCUT2D eigenvalue weighted by Gasteiger charge is 2.17. The summed E-state index contributed by atoms with van der Waals surface area (Å²) in [5.74, 6) is -0.764. The van der Waals surface area contributed by atoms with E-state index in [0.717, 1.165) is 38.1 Å². The number of nitrogens with one attached hydrogen (secondary N) is 2. The van der Waals surface area contributed by atoms with Gasteiger partial charge in [0.15, 0.2) is 0 Å². The zero-order chi connectivity index (χ0) is 16.7. The first-order valence-corrected chi connectivity index (χ1v) is 7.94. The Morgan fingerprint density at radius 1 is 1.35 bits per heavy atom. The summed E-state index contributed by atoms with van der Waals surface area (Å²) < 4.78 is 10.2. The number of esters is 1. The van der Waals surface area contributed by atoms with Gasteiger partial charge >= 0.3 is 5.97 Å². The molecule has 2 atom stereocenters. The van der Waals surface area contributed by atoms with Crippen molar-refractivity contribution in [3.05, 3.63) is 29.8 Å². The summed E-state index contributed by atoms with van der Waals surface area (Å²) in [5, 5.41) is 5.92. The van der Waals surface area contributed by atoms with Crippen LogP contribution in [0.15, 0.2) is 24.3 Å². The van der Waals surface area contributed by atoms with Gasteiger partial charge in [0.05, 0.1) is 13.2 Å². The molecule has 0 radical (unpaired) electrons. The molecule has 2 N–H and O–H groups in total. The maximum Gasteiger partial charge on any atom is 0.328 e. The Morgan fingerprint density at radius 2 is 2.09 bits per heavy atom. The van der Waals surface area contributed by atoms with Crippen molar-refractivity contribution < 1.29 is 19.1 Å². The summed E-state index contributed by atoms with van der Waals surface area (Å²) in [5.41, 5.74) is 1.46. The third-order valence-corrected chi connectivity index (χ3v) is 3.87. The second kappa shape index (κ2) is 8.53. The Labute approximate surface area is 136 Å². The molecular weight excluding hydrogens is 296 g/mol. The van der Waals surface area contributed by atoms with Crippen molar-refractivity contribution in [2.45, 2.75) is 38.3 Å². The van der Waals surface area contributed by atoms with Crippen molar-refractivity contribution in [3.8, 4) is 0 Å². The first kappa shape index (κ1) is 17.3. The van der Waals surface area contributed by atoms with Crippen LogP contribution in [0.3, 0.4) is 0 Å². The van der Waals surface area contributed by atoms with E-state index in [1.165, 1.54) is 7.11 Å². The molecule has 0 saturated carbocycles. The lowest BCUT2D eigenvalue weighted by molar-refractivity contribution is -0.142. The van der Waals surface area contributed by atoms with Gasteiger partial charge < -0.3 is 20.1 Å². The molecule has 6 nitrogen and oxygen atoms in total. The summed E-state index contributed by atoms with van der Waals surface area (Å²) >= 11 is 0. The number of hydrogen-bond acceptors (Lipinski definition) is 5. The molecule has 1 unspecified atom stereocenters. The van der Waals surface area contributed by atoms with Crippen LogP contribution in [0.4, 0.5) is 5.69 Å². The normalized spacial score (nSPS) is 18.3. The number of hydrogen-bond donors (Lipinski definition) is 2. The number of ether oxygens (including phenoxy) is 2. The van der Waals surface area contributed by atoms with Crippen LogP contribution in [0, 0.1) is 0 Å². The average molecular weight is 320 g/mol.